The molecule has 1 aromatic carbocycles. The Bertz CT molecular complexity index is 792. The molecule has 0 saturated heterocycles. The monoisotopic (exact) mass is 412 g/mol. The molecule has 0 bridgehead atoms. The number of hydrogen-bond donors (Lipinski definition) is 2. The highest BCUT2D eigenvalue weighted by atomic mass is 32.2. The second-order valence-electron chi connectivity index (χ2n) is 8.37. The molecule has 0 heterocycles. The number of carbonyl (C=O) groups excluding carboxylic acids is 1. The first-order chi connectivity index (χ1) is 13.0. The Morgan fingerprint density at radius 2 is 1.86 bits per heavy atom. The highest BCUT2D eigenvalue weighted by molar-refractivity contribution is 7.89. The van der Waals surface area contributed by atoms with Crippen LogP contribution in [0, 0.1) is 11.3 Å². The van der Waals surface area contributed by atoms with E-state index in [4.69, 9.17) is 9.47 Å². The third kappa shape index (κ3) is 6.38. The summed E-state index contributed by atoms with van der Waals surface area (Å²) in [6, 6.07) is 4.75. The van der Waals surface area contributed by atoms with Crippen LogP contribution in [0.1, 0.15) is 50.4 Å². The number of hydrogen-bond acceptors (Lipinski definition) is 5. The van der Waals surface area contributed by atoms with Gasteiger partial charge in [0.1, 0.15) is 0 Å². The Labute approximate surface area is 168 Å². The van der Waals surface area contributed by atoms with Crippen LogP contribution in [0.4, 0.5) is 0 Å². The summed E-state index contributed by atoms with van der Waals surface area (Å²) in [6.07, 6.45) is 2.78. The van der Waals surface area contributed by atoms with E-state index in [2.05, 4.69) is 30.8 Å². The van der Waals surface area contributed by atoms with Crippen molar-refractivity contribution in [2.24, 2.45) is 11.3 Å². The minimum absolute atomic E-state index is 0.0359. The van der Waals surface area contributed by atoms with Crippen molar-refractivity contribution in [2.75, 3.05) is 26.5 Å². The molecule has 0 aliphatic heterocycles. The van der Waals surface area contributed by atoms with Crippen molar-refractivity contribution in [1.29, 1.82) is 0 Å². The maximum atomic E-state index is 12.4. The third-order valence-corrected chi connectivity index (χ3v) is 6.47. The molecule has 2 N–H and O–H groups in total. The topological polar surface area (TPSA) is 93.7 Å². The Kier molecular flexibility index (Phi) is 7.33. The molecule has 28 heavy (non-hydrogen) atoms. The quantitative estimate of drug-likeness (QED) is 0.684. The van der Waals surface area contributed by atoms with Gasteiger partial charge in [0, 0.05) is 18.2 Å². The number of rotatable bonds is 8. The van der Waals surface area contributed by atoms with E-state index in [1.165, 1.54) is 14.2 Å². The van der Waals surface area contributed by atoms with Gasteiger partial charge >= 0.3 is 0 Å². The maximum absolute atomic E-state index is 12.4. The van der Waals surface area contributed by atoms with E-state index in [9.17, 15) is 13.2 Å². The standard InChI is InChI=1S/C20H32N2O5S/c1-14-10-16(13-20(2,3)12-14)22-28(24,25)9-8-21-19(23)15-6-7-17(26-4)18(11-15)27-5/h6-7,11,14,16,22H,8-10,12-13H2,1-5H3,(H,21,23)/t14-,16-/m1/s1. The summed E-state index contributed by atoms with van der Waals surface area (Å²) >= 11 is 0. The summed E-state index contributed by atoms with van der Waals surface area (Å²) < 4.78 is 38.0. The number of benzene rings is 1. The Morgan fingerprint density at radius 1 is 1.18 bits per heavy atom. The number of ether oxygens (including phenoxy) is 2. The molecule has 1 aromatic rings. The molecular weight excluding hydrogens is 380 g/mol. The second kappa shape index (κ2) is 9.13. The Balaban J connectivity index is 1.88. The Morgan fingerprint density at radius 3 is 2.46 bits per heavy atom. The zero-order valence-electron chi connectivity index (χ0n) is 17.4. The molecule has 1 aliphatic carbocycles. The van der Waals surface area contributed by atoms with Crippen LogP contribution in [0.5, 0.6) is 11.5 Å². The molecule has 1 aliphatic rings. The van der Waals surface area contributed by atoms with E-state index < -0.39 is 10.0 Å². The van der Waals surface area contributed by atoms with Crippen LogP contribution in [-0.2, 0) is 10.0 Å². The molecule has 0 unspecified atom stereocenters. The minimum atomic E-state index is -3.47. The smallest absolute Gasteiger partial charge is 0.251 e. The maximum Gasteiger partial charge on any atom is 0.251 e. The van der Waals surface area contributed by atoms with Crippen LogP contribution in [0.25, 0.3) is 0 Å². The van der Waals surface area contributed by atoms with Gasteiger partial charge < -0.3 is 14.8 Å². The van der Waals surface area contributed by atoms with E-state index in [0.29, 0.717) is 23.0 Å². The van der Waals surface area contributed by atoms with Crippen molar-refractivity contribution in [3.63, 3.8) is 0 Å². The fraction of sp³-hybridized carbons (Fsp3) is 0.650. The molecule has 1 saturated carbocycles. The number of amides is 1. The average molecular weight is 413 g/mol. The van der Waals surface area contributed by atoms with Crippen LogP contribution in [0.2, 0.25) is 0 Å². The summed E-state index contributed by atoms with van der Waals surface area (Å²) in [7, 11) is -0.457. The highest BCUT2D eigenvalue weighted by Gasteiger charge is 2.33. The summed E-state index contributed by atoms with van der Waals surface area (Å²) in [4.78, 5) is 12.3. The third-order valence-electron chi connectivity index (χ3n) is 5.04. The molecule has 2 atom stereocenters. The zero-order valence-corrected chi connectivity index (χ0v) is 18.2. The molecule has 8 heteroatoms. The largest absolute Gasteiger partial charge is 0.493 e. The fourth-order valence-electron chi connectivity index (χ4n) is 4.13. The van der Waals surface area contributed by atoms with E-state index in [1.807, 2.05) is 0 Å². The van der Waals surface area contributed by atoms with Gasteiger partial charge in [-0.2, -0.15) is 0 Å². The molecule has 0 radical (unpaired) electrons. The van der Waals surface area contributed by atoms with Crippen LogP contribution in [-0.4, -0.2) is 46.9 Å². The van der Waals surface area contributed by atoms with Crippen molar-refractivity contribution < 1.29 is 22.7 Å². The minimum Gasteiger partial charge on any atom is -0.493 e. The summed E-state index contributed by atoms with van der Waals surface area (Å²) in [5.74, 6) is 0.941. The summed E-state index contributed by atoms with van der Waals surface area (Å²) in [5.41, 5.74) is 0.512. The number of methoxy groups -OCH3 is 2. The number of nitrogens with one attached hydrogen (secondary N) is 2. The van der Waals surface area contributed by atoms with Gasteiger partial charge in [-0.15, -0.1) is 0 Å². The SMILES string of the molecule is COc1ccc(C(=O)NCCS(=O)(=O)N[C@@H]2C[C@@H](C)CC(C)(C)C2)cc1OC. The van der Waals surface area contributed by atoms with Crippen molar-refractivity contribution in [1.82, 2.24) is 10.0 Å². The molecule has 0 spiro atoms. The van der Waals surface area contributed by atoms with Gasteiger partial charge in [-0.3, -0.25) is 4.79 Å². The van der Waals surface area contributed by atoms with Gasteiger partial charge in [0.25, 0.3) is 5.91 Å². The fourth-order valence-corrected chi connectivity index (χ4v) is 5.30. The van der Waals surface area contributed by atoms with Crippen molar-refractivity contribution in [3.8, 4) is 11.5 Å². The molecule has 158 valence electrons. The molecule has 1 amide bonds. The lowest BCUT2D eigenvalue weighted by Gasteiger charge is -2.39. The van der Waals surface area contributed by atoms with Gasteiger partial charge in [0.2, 0.25) is 10.0 Å². The summed E-state index contributed by atoms with van der Waals surface area (Å²) in [6.45, 7) is 6.54. The first-order valence-electron chi connectivity index (χ1n) is 9.55. The van der Waals surface area contributed by atoms with E-state index in [1.54, 1.807) is 18.2 Å². The lowest BCUT2D eigenvalue weighted by atomic mass is 9.71. The molecule has 2 rings (SSSR count). The normalized spacial score (nSPS) is 21.8. The predicted molar refractivity (Wildman–Crippen MR) is 109 cm³/mol. The molecular formula is C20H32N2O5S. The Hall–Kier alpha value is -1.80. The van der Waals surface area contributed by atoms with E-state index in [-0.39, 0.29) is 29.7 Å². The average Bonchev–Trinajstić information content (AvgIpc) is 2.58. The molecule has 1 fully saturated rings. The van der Waals surface area contributed by atoms with E-state index in [0.717, 1.165) is 19.3 Å². The lowest BCUT2D eigenvalue weighted by Crippen LogP contribution is -2.45. The molecule has 7 nitrogen and oxygen atoms in total. The van der Waals surface area contributed by atoms with Gasteiger partial charge in [-0.1, -0.05) is 20.8 Å². The highest BCUT2D eigenvalue weighted by Crippen LogP contribution is 2.38. The van der Waals surface area contributed by atoms with Crippen LogP contribution in [0.15, 0.2) is 18.2 Å². The molecule has 0 aromatic heterocycles. The van der Waals surface area contributed by atoms with Gasteiger partial charge in [-0.05, 0) is 48.8 Å². The first kappa shape index (κ1) is 22.5. The van der Waals surface area contributed by atoms with Gasteiger partial charge in [-0.25, -0.2) is 13.1 Å². The zero-order chi connectivity index (χ0) is 20.9. The van der Waals surface area contributed by atoms with Gasteiger partial charge in [0.05, 0.1) is 20.0 Å². The summed E-state index contributed by atoms with van der Waals surface area (Å²) in [5, 5.41) is 2.65. The van der Waals surface area contributed by atoms with E-state index >= 15 is 0 Å². The van der Waals surface area contributed by atoms with Gasteiger partial charge in [0.15, 0.2) is 11.5 Å². The predicted octanol–water partition coefficient (Wildman–Crippen LogP) is 2.57. The van der Waals surface area contributed by atoms with Crippen molar-refractivity contribution >= 4 is 15.9 Å². The first-order valence-corrected chi connectivity index (χ1v) is 11.2. The number of sulfonamides is 1. The van der Waals surface area contributed by atoms with Crippen molar-refractivity contribution in [2.45, 2.75) is 46.1 Å². The number of carbonyl (C=O) groups is 1. The van der Waals surface area contributed by atoms with Crippen molar-refractivity contribution in [3.05, 3.63) is 23.8 Å². The van der Waals surface area contributed by atoms with Crippen LogP contribution < -0.4 is 19.5 Å². The van der Waals surface area contributed by atoms with Crippen LogP contribution in [0.3, 0.4) is 0 Å². The lowest BCUT2D eigenvalue weighted by molar-refractivity contribution is 0.0955. The van der Waals surface area contributed by atoms with Crippen LogP contribution >= 0.6 is 0 Å². The second-order valence-corrected chi connectivity index (χ2v) is 10.2.